The molecule has 22 heavy (non-hydrogen) atoms. The number of halogens is 1. The van der Waals surface area contributed by atoms with Gasteiger partial charge in [-0.1, -0.05) is 12.8 Å². The van der Waals surface area contributed by atoms with Crippen molar-refractivity contribution in [2.45, 2.75) is 57.2 Å². The summed E-state index contributed by atoms with van der Waals surface area (Å²) in [5, 5.41) is 19.3. The van der Waals surface area contributed by atoms with Gasteiger partial charge in [0.25, 0.3) is 0 Å². The van der Waals surface area contributed by atoms with Crippen molar-refractivity contribution in [2.75, 3.05) is 6.54 Å². The van der Waals surface area contributed by atoms with Crippen LogP contribution in [-0.4, -0.2) is 28.7 Å². The van der Waals surface area contributed by atoms with Crippen molar-refractivity contribution in [3.8, 4) is 6.07 Å². The van der Waals surface area contributed by atoms with E-state index in [1.807, 2.05) is 0 Å². The van der Waals surface area contributed by atoms with Crippen LogP contribution in [0.4, 0.5) is 4.39 Å². The highest BCUT2D eigenvalue weighted by Crippen LogP contribution is 2.35. The second kappa shape index (κ2) is 6.76. The van der Waals surface area contributed by atoms with Gasteiger partial charge in [-0.25, -0.2) is 4.39 Å². The van der Waals surface area contributed by atoms with Gasteiger partial charge in [0.1, 0.15) is 5.82 Å². The maximum absolute atomic E-state index is 14.0. The molecule has 1 aliphatic heterocycles. The van der Waals surface area contributed by atoms with Gasteiger partial charge in [0, 0.05) is 24.1 Å². The van der Waals surface area contributed by atoms with Crippen LogP contribution in [0.1, 0.15) is 49.7 Å². The molecule has 1 aromatic rings. The van der Waals surface area contributed by atoms with E-state index in [-0.39, 0.29) is 11.9 Å². The highest BCUT2D eigenvalue weighted by molar-refractivity contribution is 5.33. The summed E-state index contributed by atoms with van der Waals surface area (Å²) in [4.78, 5) is 2.30. The molecule has 3 rings (SSSR count). The molecule has 1 heterocycles. The van der Waals surface area contributed by atoms with Gasteiger partial charge in [-0.3, -0.25) is 4.90 Å². The summed E-state index contributed by atoms with van der Waals surface area (Å²) in [5.74, 6) is 0.0762. The van der Waals surface area contributed by atoms with E-state index in [1.54, 1.807) is 6.07 Å². The maximum Gasteiger partial charge on any atom is 0.127 e. The van der Waals surface area contributed by atoms with E-state index < -0.39 is 0 Å². The van der Waals surface area contributed by atoms with Crippen molar-refractivity contribution in [1.29, 1.82) is 5.26 Å². The number of rotatable bonds is 3. The number of hydrogen-bond acceptors (Lipinski definition) is 3. The lowest BCUT2D eigenvalue weighted by Gasteiger charge is -2.37. The van der Waals surface area contributed by atoms with Crippen LogP contribution in [0.15, 0.2) is 18.2 Å². The van der Waals surface area contributed by atoms with Crippen molar-refractivity contribution in [3.63, 3.8) is 0 Å². The Hall–Kier alpha value is -1.44. The lowest BCUT2D eigenvalue weighted by molar-refractivity contribution is 0.0199. The molecule has 1 N–H and O–H groups in total. The van der Waals surface area contributed by atoms with Gasteiger partial charge in [0.05, 0.1) is 17.7 Å². The summed E-state index contributed by atoms with van der Waals surface area (Å²) in [6.07, 6.45) is 6.24. The second-order valence-electron chi connectivity index (χ2n) is 6.61. The molecule has 3 nitrogen and oxygen atoms in total. The van der Waals surface area contributed by atoms with Crippen LogP contribution in [-0.2, 0) is 6.54 Å². The van der Waals surface area contributed by atoms with E-state index in [0.717, 1.165) is 38.6 Å². The highest BCUT2D eigenvalue weighted by atomic mass is 19.1. The first-order valence-electron chi connectivity index (χ1n) is 8.29. The van der Waals surface area contributed by atoms with Crippen LogP contribution in [0, 0.1) is 23.1 Å². The summed E-state index contributed by atoms with van der Waals surface area (Å²) >= 11 is 0. The van der Waals surface area contributed by atoms with E-state index in [1.165, 1.54) is 18.6 Å². The Kier molecular flexibility index (Phi) is 4.75. The Morgan fingerprint density at radius 1 is 1.23 bits per heavy atom. The van der Waals surface area contributed by atoms with Crippen molar-refractivity contribution < 1.29 is 9.50 Å². The van der Waals surface area contributed by atoms with Gasteiger partial charge in [0.15, 0.2) is 0 Å². The van der Waals surface area contributed by atoms with E-state index in [9.17, 15) is 9.50 Å². The molecule has 0 radical (unpaired) electrons. The average Bonchev–Trinajstić information content (AvgIpc) is 2.98. The second-order valence-corrected chi connectivity index (χ2v) is 6.61. The van der Waals surface area contributed by atoms with Gasteiger partial charge in [-0.15, -0.1) is 0 Å². The number of nitriles is 1. The van der Waals surface area contributed by atoms with Crippen molar-refractivity contribution in [2.24, 2.45) is 5.92 Å². The van der Waals surface area contributed by atoms with Gasteiger partial charge >= 0.3 is 0 Å². The first-order chi connectivity index (χ1) is 10.7. The highest BCUT2D eigenvalue weighted by Gasteiger charge is 2.36. The Morgan fingerprint density at radius 3 is 2.82 bits per heavy atom. The van der Waals surface area contributed by atoms with Crippen molar-refractivity contribution in [1.82, 2.24) is 4.90 Å². The first kappa shape index (κ1) is 15.5. The Labute approximate surface area is 131 Å². The van der Waals surface area contributed by atoms with Gasteiger partial charge < -0.3 is 5.11 Å². The summed E-state index contributed by atoms with van der Waals surface area (Å²) in [6, 6.07) is 6.98. The lowest BCUT2D eigenvalue weighted by Crippen LogP contribution is -2.42. The molecule has 2 fully saturated rings. The van der Waals surface area contributed by atoms with Gasteiger partial charge in [-0.05, 0) is 50.4 Å². The SMILES string of the molecule is N#Cc1ccc(F)c(CN2CCC[C@@H]2[C@@H]2CCCC[C@H]2O)c1. The standard InChI is InChI=1S/C18H23FN2O/c19-16-8-7-13(11-20)10-14(16)12-21-9-3-5-17(21)15-4-1-2-6-18(15)22/h7-8,10,15,17-18,22H,1-6,9,12H2/t15-,17+,18+/m0/s1. The monoisotopic (exact) mass is 302 g/mol. The summed E-state index contributed by atoms with van der Waals surface area (Å²) in [5.41, 5.74) is 1.10. The molecule has 0 unspecified atom stereocenters. The van der Waals surface area contributed by atoms with Crippen LogP contribution in [0.2, 0.25) is 0 Å². The van der Waals surface area contributed by atoms with Crippen molar-refractivity contribution in [3.05, 3.63) is 35.1 Å². The van der Waals surface area contributed by atoms with E-state index in [2.05, 4.69) is 11.0 Å². The van der Waals surface area contributed by atoms with Crippen LogP contribution >= 0.6 is 0 Å². The topological polar surface area (TPSA) is 47.3 Å². The van der Waals surface area contributed by atoms with Crippen LogP contribution in [0.25, 0.3) is 0 Å². The minimum atomic E-state index is -0.242. The molecule has 1 aromatic carbocycles. The van der Waals surface area contributed by atoms with Gasteiger partial charge in [0.2, 0.25) is 0 Å². The van der Waals surface area contributed by atoms with Crippen LogP contribution in [0.5, 0.6) is 0 Å². The van der Waals surface area contributed by atoms with Crippen LogP contribution in [0.3, 0.4) is 0 Å². The first-order valence-corrected chi connectivity index (χ1v) is 8.29. The molecule has 118 valence electrons. The number of benzene rings is 1. The average molecular weight is 302 g/mol. The smallest absolute Gasteiger partial charge is 0.127 e. The summed E-state index contributed by atoms with van der Waals surface area (Å²) in [7, 11) is 0. The normalized spacial score (nSPS) is 29.4. The van der Waals surface area contributed by atoms with E-state index >= 15 is 0 Å². The maximum atomic E-state index is 14.0. The zero-order valence-electron chi connectivity index (χ0n) is 12.8. The molecule has 3 atom stereocenters. The number of aliphatic hydroxyl groups excluding tert-OH is 1. The third-order valence-corrected chi connectivity index (χ3v) is 5.24. The Balaban J connectivity index is 1.75. The Morgan fingerprint density at radius 2 is 2.05 bits per heavy atom. The number of hydrogen-bond donors (Lipinski definition) is 1. The minimum absolute atomic E-state index is 0.213. The molecule has 2 aliphatic rings. The van der Waals surface area contributed by atoms with Gasteiger partial charge in [-0.2, -0.15) is 5.26 Å². The lowest BCUT2D eigenvalue weighted by atomic mass is 9.80. The molecule has 0 amide bonds. The molecule has 0 aromatic heterocycles. The van der Waals surface area contributed by atoms with E-state index in [4.69, 9.17) is 5.26 Å². The quantitative estimate of drug-likeness (QED) is 0.932. The molecular weight excluding hydrogens is 279 g/mol. The summed E-state index contributed by atoms with van der Waals surface area (Å²) < 4.78 is 14.0. The Bertz CT molecular complexity index is 569. The number of nitrogens with zero attached hydrogens (tertiary/aromatic N) is 2. The molecule has 1 aliphatic carbocycles. The fourth-order valence-corrected chi connectivity index (χ4v) is 4.11. The third kappa shape index (κ3) is 3.16. The molecule has 0 spiro atoms. The predicted molar refractivity (Wildman–Crippen MR) is 82.5 cm³/mol. The third-order valence-electron chi connectivity index (χ3n) is 5.24. The number of likely N-dealkylation sites (tertiary alicyclic amines) is 1. The zero-order chi connectivity index (χ0) is 15.5. The zero-order valence-corrected chi connectivity index (χ0v) is 12.8. The molecule has 1 saturated carbocycles. The molecule has 0 bridgehead atoms. The van der Waals surface area contributed by atoms with Crippen LogP contribution < -0.4 is 0 Å². The van der Waals surface area contributed by atoms with E-state index in [0.29, 0.717) is 29.6 Å². The summed E-state index contributed by atoms with van der Waals surface area (Å²) in [6.45, 7) is 1.49. The minimum Gasteiger partial charge on any atom is -0.393 e. The molecular formula is C18H23FN2O. The van der Waals surface area contributed by atoms with Crippen molar-refractivity contribution >= 4 is 0 Å². The number of aliphatic hydroxyl groups is 1. The molecule has 1 saturated heterocycles. The molecule has 4 heteroatoms. The largest absolute Gasteiger partial charge is 0.393 e. The fourth-order valence-electron chi connectivity index (χ4n) is 4.11. The predicted octanol–water partition coefficient (Wildman–Crippen LogP) is 3.21. The fraction of sp³-hybridized carbons (Fsp3) is 0.611.